The summed E-state index contributed by atoms with van der Waals surface area (Å²) in [6.45, 7) is 2.26. The molecular formula is C18H18N2O3S. The van der Waals surface area contributed by atoms with Gasteiger partial charge in [-0.25, -0.2) is 0 Å². The second kappa shape index (κ2) is 6.57. The van der Waals surface area contributed by atoms with Crippen LogP contribution in [0.1, 0.15) is 26.4 Å². The van der Waals surface area contributed by atoms with Gasteiger partial charge in [-0.05, 0) is 35.6 Å². The highest BCUT2D eigenvalue weighted by atomic mass is 32.1. The number of hydrogen-bond donors (Lipinski definition) is 0. The van der Waals surface area contributed by atoms with E-state index in [9.17, 15) is 14.4 Å². The number of rotatable bonds is 4. The zero-order valence-electron chi connectivity index (χ0n) is 13.6. The minimum Gasteiger partial charge on any atom is -0.339 e. The molecule has 24 heavy (non-hydrogen) atoms. The fourth-order valence-corrected chi connectivity index (χ4v) is 3.64. The highest BCUT2D eigenvalue weighted by Crippen LogP contribution is 2.20. The van der Waals surface area contributed by atoms with Crippen molar-refractivity contribution in [2.24, 2.45) is 0 Å². The van der Waals surface area contributed by atoms with Crippen LogP contribution in [-0.4, -0.2) is 41.1 Å². The van der Waals surface area contributed by atoms with Crippen LogP contribution in [0.25, 0.3) is 0 Å². The summed E-state index contributed by atoms with van der Waals surface area (Å²) < 4.78 is 0. The Bertz CT molecular complexity index is 812. The van der Waals surface area contributed by atoms with Crippen LogP contribution < -0.4 is 0 Å². The molecule has 0 spiro atoms. The molecule has 0 saturated carbocycles. The molecule has 6 heteroatoms. The third-order valence-corrected chi connectivity index (χ3v) is 5.21. The van der Waals surface area contributed by atoms with E-state index in [2.05, 4.69) is 0 Å². The Morgan fingerprint density at radius 2 is 2.00 bits per heavy atom. The molecule has 0 fully saturated rings. The van der Waals surface area contributed by atoms with Gasteiger partial charge in [-0.15, -0.1) is 11.3 Å². The number of amides is 3. The number of likely N-dealkylation sites (N-methyl/N-ethyl adjacent to an activating group) is 1. The first-order valence-corrected chi connectivity index (χ1v) is 8.55. The monoisotopic (exact) mass is 342 g/mol. The van der Waals surface area contributed by atoms with Crippen molar-refractivity contribution >= 4 is 29.1 Å². The number of benzene rings is 1. The largest absolute Gasteiger partial charge is 0.339 e. The first-order valence-electron chi connectivity index (χ1n) is 7.67. The van der Waals surface area contributed by atoms with Gasteiger partial charge < -0.3 is 4.90 Å². The van der Waals surface area contributed by atoms with Crippen molar-refractivity contribution in [2.45, 2.75) is 19.9 Å². The first-order chi connectivity index (χ1) is 11.5. The number of aryl methyl sites for hydroxylation is 1. The maximum Gasteiger partial charge on any atom is 0.261 e. The van der Waals surface area contributed by atoms with Crippen LogP contribution in [0.4, 0.5) is 0 Å². The predicted molar refractivity (Wildman–Crippen MR) is 91.7 cm³/mol. The second-order valence-electron chi connectivity index (χ2n) is 5.90. The summed E-state index contributed by atoms with van der Waals surface area (Å²) in [5, 5.41) is 1.98. The normalized spacial score (nSPS) is 13.8. The van der Waals surface area contributed by atoms with Gasteiger partial charge in [0.15, 0.2) is 0 Å². The number of imide groups is 1. The molecular weight excluding hydrogens is 324 g/mol. The molecule has 0 bridgehead atoms. The van der Waals surface area contributed by atoms with Gasteiger partial charge in [0, 0.05) is 17.5 Å². The van der Waals surface area contributed by atoms with Crippen LogP contribution in [0.3, 0.4) is 0 Å². The summed E-state index contributed by atoms with van der Waals surface area (Å²) in [7, 11) is 1.69. The third-order valence-electron chi connectivity index (χ3n) is 4.20. The lowest BCUT2D eigenvalue weighted by atomic mass is 9.98. The molecule has 5 nitrogen and oxygen atoms in total. The molecule has 0 radical (unpaired) electrons. The summed E-state index contributed by atoms with van der Waals surface area (Å²) in [5.41, 5.74) is 2.36. The highest BCUT2D eigenvalue weighted by Gasteiger charge is 2.32. The Morgan fingerprint density at radius 3 is 2.71 bits per heavy atom. The van der Waals surface area contributed by atoms with Gasteiger partial charge in [-0.1, -0.05) is 18.2 Å². The van der Waals surface area contributed by atoms with E-state index in [1.165, 1.54) is 0 Å². The number of thiophene rings is 1. The number of carbonyl (C=O) groups excluding carboxylic acids is 3. The molecule has 3 rings (SSSR count). The van der Waals surface area contributed by atoms with Crippen molar-refractivity contribution in [3.8, 4) is 0 Å². The molecule has 1 aromatic heterocycles. The van der Waals surface area contributed by atoms with Crippen LogP contribution in [0.5, 0.6) is 0 Å². The second-order valence-corrected chi connectivity index (χ2v) is 6.90. The number of carbonyl (C=O) groups is 3. The average molecular weight is 342 g/mol. The molecule has 0 N–H and O–H groups in total. The van der Waals surface area contributed by atoms with Crippen LogP contribution in [0.15, 0.2) is 35.7 Å². The molecule has 2 aromatic rings. The van der Waals surface area contributed by atoms with Crippen molar-refractivity contribution in [1.29, 1.82) is 0 Å². The number of nitrogens with zero attached hydrogens (tertiary/aromatic N) is 2. The van der Waals surface area contributed by atoms with Gasteiger partial charge >= 0.3 is 0 Å². The molecule has 1 aliphatic rings. The van der Waals surface area contributed by atoms with E-state index in [0.717, 1.165) is 20.9 Å². The SMILES string of the molecule is Cc1ccsc1CN(C)C(=O)CN1C(=O)Cc2ccccc2C1=O. The molecule has 0 unspecified atom stereocenters. The topological polar surface area (TPSA) is 57.7 Å². The van der Waals surface area contributed by atoms with Crippen molar-refractivity contribution in [3.63, 3.8) is 0 Å². The first kappa shape index (κ1) is 16.4. The van der Waals surface area contributed by atoms with E-state index in [0.29, 0.717) is 12.1 Å². The molecule has 0 saturated heterocycles. The minimum absolute atomic E-state index is 0.156. The van der Waals surface area contributed by atoms with Crippen molar-refractivity contribution < 1.29 is 14.4 Å². The van der Waals surface area contributed by atoms with Crippen LogP contribution in [0.2, 0.25) is 0 Å². The Kier molecular flexibility index (Phi) is 4.49. The van der Waals surface area contributed by atoms with E-state index in [-0.39, 0.29) is 24.8 Å². The fraction of sp³-hybridized carbons (Fsp3) is 0.278. The average Bonchev–Trinajstić information content (AvgIpc) is 2.96. The standard InChI is InChI=1S/C18H18N2O3S/c1-12-7-8-24-15(12)10-19(2)17(22)11-20-16(21)9-13-5-3-4-6-14(13)18(20)23/h3-8H,9-11H2,1-2H3. The quantitative estimate of drug-likeness (QED) is 0.801. The molecule has 0 atom stereocenters. The summed E-state index contributed by atoms with van der Waals surface area (Å²) in [6, 6.07) is 9.04. The van der Waals surface area contributed by atoms with E-state index in [4.69, 9.17) is 0 Å². The number of hydrogen-bond acceptors (Lipinski definition) is 4. The van der Waals surface area contributed by atoms with Gasteiger partial charge in [-0.2, -0.15) is 0 Å². The fourth-order valence-electron chi connectivity index (χ4n) is 2.69. The molecule has 124 valence electrons. The van der Waals surface area contributed by atoms with E-state index in [1.807, 2.05) is 18.4 Å². The Labute approximate surface area is 144 Å². The highest BCUT2D eigenvalue weighted by molar-refractivity contribution is 7.10. The van der Waals surface area contributed by atoms with Gasteiger partial charge in [0.2, 0.25) is 11.8 Å². The zero-order chi connectivity index (χ0) is 17.3. The molecule has 3 amide bonds. The third kappa shape index (κ3) is 3.10. The Hall–Kier alpha value is -2.47. The lowest BCUT2D eigenvalue weighted by Gasteiger charge is -2.28. The van der Waals surface area contributed by atoms with Gasteiger partial charge in [-0.3, -0.25) is 19.3 Å². The number of fused-ring (bicyclic) bond motifs is 1. The van der Waals surface area contributed by atoms with E-state index >= 15 is 0 Å². The maximum atomic E-state index is 12.5. The molecule has 1 aliphatic heterocycles. The van der Waals surface area contributed by atoms with Crippen LogP contribution >= 0.6 is 11.3 Å². The molecule has 2 heterocycles. The maximum absolute atomic E-state index is 12.5. The summed E-state index contributed by atoms with van der Waals surface area (Å²) in [6.07, 6.45) is 0.156. The zero-order valence-corrected chi connectivity index (χ0v) is 14.4. The van der Waals surface area contributed by atoms with Crippen molar-refractivity contribution in [3.05, 3.63) is 57.3 Å². The molecule has 0 aliphatic carbocycles. The van der Waals surface area contributed by atoms with Crippen molar-refractivity contribution in [1.82, 2.24) is 9.80 Å². The molecule has 1 aromatic carbocycles. The predicted octanol–water partition coefficient (Wildman–Crippen LogP) is 2.24. The smallest absolute Gasteiger partial charge is 0.261 e. The Morgan fingerprint density at radius 1 is 1.25 bits per heavy atom. The lowest BCUT2D eigenvalue weighted by Crippen LogP contribution is -2.47. The van der Waals surface area contributed by atoms with Gasteiger partial charge in [0.05, 0.1) is 13.0 Å². The van der Waals surface area contributed by atoms with E-state index < -0.39 is 5.91 Å². The minimum atomic E-state index is -0.393. The van der Waals surface area contributed by atoms with Crippen LogP contribution in [0, 0.1) is 6.92 Å². The lowest BCUT2D eigenvalue weighted by molar-refractivity contribution is -0.137. The van der Waals surface area contributed by atoms with E-state index in [1.54, 1.807) is 47.5 Å². The van der Waals surface area contributed by atoms with Gasteiger partial charge in [0.1, 0.15) is 6.54 Å². The summed E-state index contributed by atoms with van der Waals surface area (Å²) >= 11 is 1.59. The summed E-state index contributed by atoms with van der Waals surface area (Å²) in [4.78, 5) is 40.9. The van der Waals surface area contributed by atoms with Crippen LogP contribution in [-0.2, 0) is 22.6 Å². The summed E-state index contributed by atoms with van der Waals surface area (Å²) in [5.74, 6) is -0.965. The van der Waals surface area contributed by atoms with Gasteiger partial charge in [0.25, 0.3) is 5.91 Å². The Balaban J connectivity index is 1.71. The van der Waals surface area contributed by atoms with Crippen molar-refractivity contribution in [2.75, 3.05) is 13.6 Å².